The van der Waals surface area contributed by atoms with Crippen molar-refractivity contribution >= 4 is 6.03 Å². The van der Waals surface area contributed by atoms with Crippen molar-refractivity contribution < 1.29 is 4.79 Å². The van der Waals surface area contributed by atoms with E-state index in [2.05, 4.69) is 35.5 Å². The lowest BCUT2D eigenvalue weighted by atomic mass is 9.87. The maximum Gasteiger partial charge on any atom is 0.319 e. The second-order valence-electron chi connectivity index (χ2n) is 9.43. The quantitative estimate of drug-likeness (QED) is 0.744. The third-order valence-electron chi connectivity index (χ3n) is 7.44. The molecule has 4 nitrogen and oxygen atoms in total. The van der Waals surface area contributed by atoms with Crippen molar-refractivity contribution in [2.75, 3.05) is 45.8 Å². The molecule has 3 saturated heterocycles. The summed E-state index contributed by atoms with van der Waals surface area (Å²) in [6.07, 6.45) is 8.90. The van der Waals surface area contributed by atoms with Gasteiger partial charge >= 0.3 is 6.03 Å². The van der Waals surface area contributed by atoms with Gasteiger partial charge in [-0.25, -0.2) is 4.79 Å². The third-order valence-corrected chi connectivity index (χ3v) is 7.44. The van der Waals surface area contributed by atoms with Crippen LogP contribution in [0.25, 0.3) is 0 Å². The molecule has 3 aliphatic heterocycles. The molecule has 3 fully saturated rings. The van der Waals surface area contributed by atoms with Gasteiger partial charge in [0.25, 0.3) is 0 Å². The summed E-state index contributed by atoms with van der Waals surface area (Å²) >= 11 is 0. The summed E-state index contributed by atoms with van der Waals surface area (Å²) in [4.78, 5) is 19.8. The maximum absolute atomic E-state index is 12.8. The molecule has 4 heteroatoms. The number of nitrogens with zero attached hydrogens (tertiary/aromatic N) is 3. The van der Waals surface area contributed by atoms with Crippen molar-refractivity contribution in [1.29, 1.82) is 0 Å². The molecular weight excluding hydrogens is 322 g/mol. The second-order valence-corrected chi connectivity index (χ2v) is 9.43. The van der Waals surface area contributed by atoms with E-state index >= 15 is 0 Å². The van der Waals surface area contributed by atoms with E-state index in [0.29, 0.717) is 6.03 Å². The highest BCUT2D eigenvalue weighted by atomic mass is 16.2. The van der Waals surface area contributed by atoms with Gasteiger partial charge in [0.15, 0.2) is 0 Å². The molecule has 0 aromatic heterocycles. The molecule has 3 heterocycles. The highest BCUT2D eigenvalue weighted by molar-refractivity contribution is 5.74. The minimum Gasteiger partial charge on any atom is -0.325 e. The first-order valence-electron chi connectivity index (χ1n) is 11.3. The van der Waals surface area contributed by atoms with Crippen LogP contribution in [0.5, 0.6) is 0 Å². The van der Waals surface area contributed by atoms with E-state index in [4.69, 9.17) is 0 Å². The number of carbonyl (C=O) groups excluding carboxylic acids is 1. The molecule has 2 amide bonds. The lowest BCUT2D eigenvalue weighted by molar-refractivity contribution is 0.0959. The number of amides is 2. The van der Waals surface area contributed by atoms with Crippen LogP contribution in [-0.2, 0) is 0 Å². The zero-order chi connectivity index (χ0) is 18.5. The Morgan fingerprint density at radius 3 is 1.81 bits per heavy atom. The third kappa shape index (κ3) is 5.15. The fraction of sp³-hybridized carbons (Fsp3) is 0.955. The lowest BCUT2D eigenvalue weighted by Gasteiger charge is -2.40. The van der Waals surface area contributed by atoms with Crippen molar-refractivity contribution in [2.45, 2.75) is 65.7 Å². The van der Waals surface area contributed by atoms with Crippen LogP contribution in [0.15, 0.2) is 0 Å². The van der Waals surface area contributed by atoms with E-state index in [0.717, 1.165) is 49.9 Å². The lowest BCUT2D eigenvalue weighted by Crippen LogP contribution is -2.50. The largest absolute Gasteiger partial charge is 0.325 e. The van der Waals surface area contributed by atoms with Gasteiger partial charge in [-0.05, 0) is 75.3 Å². The van der Waals surface area contributed by atoms with Gasteiger partial charge in [-0.1, -0.05) is 27.2 Å². The minimum atomic E-state index is 0.314. The van der Waals surface area contributed by atoms with E-state index in [-0.39, 0.29) is 0 Å². The molecule has 0 aromatic carbocycles. The van der Waals surface area contributed by atoms with Gasteiger partial charge in [0.2, 0.25) is 0 Å². The van der Waals surface area contributed by atoms with Gasteiger partial charge in [0.05, 0.1) is 0 Å². The number of piperidine rings is 3. The second kappa shape index (κ2) is 9.43. The van der Waals surface area contributed by atoms with E-state index in [9.17, 15) is 4.79 Å². The molecule has 3 rings (SSSR count). The average molecular weight is 364 g/mol. The number of urea groups is 1. The first-order chi connectivity index (χ1) is 12.6. The van der Waals surface area contributed by atoms with Crippen LogP contribution in [-0.4, -0.2) is 66.5 Å². The van der Waals surface area contributed by atoms with Crippen molar-refractivity contribution in [3.63, 3.8) is 0 Å². The summed E-state index contributed by atoms with van der Waals surface area (Å²) < 4.78 is 0. The summed E-state index contributed by atoms with van der Waals surface area (Å²) in [5.74, 6) is 3.32. The van der Waals surface area contributed by atoms with Crippen LogP contribution in [0.3, 0.4) is 0 Å². The predicted octanol–water partition coefficient (Wildman–Crippen LogP) is 4.31. The maximum atomic E-state index is 12.8. The summed E-state index contributed by atoms with van der Waals surface area (Å²) in [7, 11) is 0. The normalized spacial score (nSPS) is 25.2. The van der Waals surface area contributed by atoms with Crippen LogP contribution in [0, 0.1) is 23.7 Å². The molecule has 0 spiro atoms. The van der Waals surface area contributed by atoms with Gasteiger partial charge in [-0.3, -0.25) is 0 Å². The Kier molecular flexibility index (Phi) is 7.25. The highest BCUT2D eigenvalue weighted by Crippen LogP contribution is 2.27. The van der Waals surface area contributed by atoms with Crippen LogP contribution >= 0.6 is 0 Å². The van der Waals surface area contributed by atoms with Gasteiger partial charge < -0.3 is 14.7 Å². The van der Waals surface area contributed by atoms with Crippen LogP contribution in [0.2, 0.25) is 0 Å². The first-order valence-corrected chi connectivity index (χ1v) is 11.3. The predicted molar refractivity (Wildman–Crippen MR) is 108 cm³/mol. The van der Waals surface area contributed by atoms with Gasteiger partial charge in [0, 0.05) is 32.7 Å². The summed E-state index contributed by atoms with van der Waals surface area (Å²) in [6, 6.07) is 0.314. The van der Waals surface area contributed by atoms with Crippen molar-refractivity contribution in [2.24, 2.45) is 23.7 Å². The van der Waals surface area contributed by atoms with Gasteiger partial charge in [0.1, 0.15) is 0 Å². The van der Waals surface area contributed by atoms with Gasteiger partial charge in [-0.2, -0.15) is 0 Å². The fourth-order valence-corrected chi connectivity index (χ4v) is 5.21. The van der Waals surface area contributed by atoms with Crippen molar-refractivity contribution in [1.82, 2.24) is 14.7 Å². The standard InChI is InChI=1S/C22H41N3O/c1-4-19-5-11-23(12-6-19)17-20-7-13-24(14-8-20)22(26)25-15-9-21(10-16-25)18(2)3/h18-21H,4-17H2,1-3H3. The molecule has 0 radical (unpaired) electrons. The molecule has 0 aliphatic carbocycles. The Morgan fingerprint density at radius 2 is 1.31 bits per heavy atom. The van der Waals surface area contributed by atoms with E-state index in [1.165, 1.54) is 64.6 Å². The zero-order valence-electron chi connectivity index (χ0n) is 17.5. The molecule has 0 bridgehead atoms. The van der Waals surface area contributed by atoms with E-state index in [1.54, 1.807) is 0 Å². The molecule has 0 saturated carbocycles. The summed E-state index contributed by atoms with van der Waals surface area (Å²) in [5, 5.41) is 0. The topological polar surface area (TPSA) is 26.8 Å². The Labute approximate surface area is 161 Å². The van der Waals surface area contributed by atoms with Crippen molar-refractivity contribution in [3.05, 3.63) is 0 Å². The molecule has 150 valence electrons. The average Bonchev–Trinajstić information content (AvgIpc) is 2.69. The summed E-state index contributed by atoms with van der Waals surface area (Å²) in [6.45, 7) is 14.7. The monoisotopic (exact) mass is 363 g/mol. The van der Waals surface area contributed by atoms with Crippen molar-refractivity contribution in [3.8, 4) is 0 Å². The molecular formula is C22H41N3O. The number of likely N-dealkylation sites (tertiary alicyclic amines) is 3. The Morgan fingerprint density at radius 1 is 0.808 bits per heavy atom. The van der Waals surface area contributed by atoms with Crippen LogP contribution < -0.4 is 0 Å². The molecule has 0 aromatic rings. The fourth-order valence-electron chi connectivity index (χ4n) is 5.21. The SMILES string of the molecule is CCC1CCN(CC2CCN(C(=O)N3CCC(C(C)C)CC3)CC2)CC1. The molecule has 0 atom stereocenters. The first kappa shape index (κ1) is 20.0. The van der Waals surface area contributed by atoms with Crippen LogP contribution in [0.4, 0.5) is 4.79 Å². The number of hydrogen-bond acceptors (Lipinski definition) is 2. The Balaban J connectivity index is 1.36. The number of carbonyl (C=O) groups is 1. The zero-order valence-corrected chi connectivity index (χ0v) is 17.5. The number of hydrogen-bond donors (Lipinski definition) is 0. The minimum absolute atomic E-state index is 0.314. The van der Waals surface area contributed by atoms with Crippen LogP contribution in [0.1, 0.15) is 65.7 Å². The summed E-state index contributed by atoms with van der Waals surface area (Å²) in [5.41, 5.74) is 0. The molecule has 0 unspecified atom stereocenters. The molecule has 0 N–H and O–H groups in total. The smallest absolute Gasteiger partial charge is 0.319 e. The molecule has 3 aliphatic rings. The van der Waals surface area contributed by atoms with E-state index in [1.807, 2.05) is 0 Å². The number of rotatable bonds is 4. The van der Waals surface area contributed by atoms with E-state index < -0.39 is 0 Å². The van der Waals surface area contributed by atoms with Gasteiger partial charge in [-0.15, -0.1) is 0 Å². The molecule has 26 heavy (non-hydrogen) atoms. The Hall–Kier alpha value is -0.770. The Bertz CT molecular complexity index is 429. The highest BCUT2D eigenvalue weighted by Gasteiger charge is 2.30.